The lowest BCUT2D eigenvalue weighted by molar-refractivity contribution is -0.158. The number of nitrogens with two attached hydrogens (primary N) is 1. The van der Waals surface area contributed by atoms with Crippen LogP contribution >= 0.6 is 46.4 Å². The van der Waals surface area contributed by atoms with Gasteiger partial charge in [0, 0.05) is 39.7 Å². The molecule has 2 N–H and O–H groups in total. The van der Waals surface area contributed by atoms with Crippen molar-refractivity contribution in [1.82, 2.24) is 14.7 Å². The highest BCUT2D eigenvalue weighted by molar-refractivity contribution is 6.35. The molecule has 0 radical (unpaired) electrons. The number of benzene rings is 4. The second-order valence-corrected chi connectivity index (χ2v) is 13.8. The first-order chi connectivity index (χ1) is 24.0. The molecule has 0 bridgehead atoms. The van der Waals surface area contributed by atoms with E-state index in [1.54, 1.807) is 36.4 Å². The van der Waals surface area contributed by atoms with E-state index in [0.717, 1.165) is 27.8 Å². The smallest absolute Gasteiger partial charge is 0.246 e. The van der Waals surface area contributed by atoms with E-state index in [4.69, 9.17) is 52.1 Å². The van der Waals surface area contributed by atoms with E-state index < -0.39 is 17.9 Å². The molecule has 5 rings (SSSR count). The van der Waals surface area contributed by atoms with Gasteiger partial charge in [-0.15, -0.1) is 0 Å². The molecule has 8 nitrogen and oxygen atoms in total. The van der Waals surface area contributed by atoms with E-state index in [1.807, 2.05) is 54.6 Å². The van der Waals surface area contributed by atoms with Crippen molar-refractivity contribution in [1.29, 1.82) is 0 Å². The number of nitrogens with zero attached hydrogens (tertiary/aromatic N) is 3. The largest absolute Gasteiger partial charge is 0.368 e. The molecule has 4 aromatic carbocycles. The van der Waals surface area contributed by atoms with Crippen LogP contribution in [0.2, 0.25) is 20.1 Å². The van der Waals surface area contributed by atoms with Crippen LogP contribution in [0.15, 0.2) is 91.0 Å². The minimum Gasteiger partial charge on any atom is -0.368 e. The summed E-state index contributed by atoms with van der Waals surface area (Å²) in [4.78, 5) is 57.9. The van der Waals surface area contributed by atoms with Crippen LogP contribution in [0.5, 0.6) is 0 Å². The van der Waals surface area contributed by atoms with Gasteiger partial charge in [-0.2, -0.15) is 0 Å². The standard InChI is InChI=1S/C38H36Cl4N4O4/c39-30-12-10-28(32(41)20-30)15-17-44(23-35(43)47)36(48)22-34-38(50)45(18-16-29-11-13-31(40)21-33(29)42)24-37(49)46(34)19-14-25-6-8-27(9-7-25)26-4-2-1-3-5-26/h1-13,20-21,34H,14-19,22-24H2,(H2,43,47). The molecule has 4 aromatic rings. The van der Waals surface area contributed by atoms with Gasteiger partial charge < -0.3 is 20.4 Å². The Balaban J connectivity index is 1.34. The average Bonchev–Trinajstić information content (AvgIpc) is 3.09. The number of hydrogen-bond acceptors (Lipinski definition) is 4. The van der Waals surface area contributed by atoms with Crippen molar-refractivity contribution in [3.05, 3.63) is 128 Å². The fraction of sp³-hybridized carbons (Fsp3) is 0.263. The molecule has 1 unspecified atom stereocenters. The third-order valence-corrected chi connectivity index (χ3v) is 9.90. The number of amides is 4. The molecule has 50 heavy (non-hydrogen) atoms. The van der Waals surface area contributed by atoms with Crippen molar-refractivity contribution in [2.45, 2.75) is 31.7 Å². The van der Waals surface area contributed by atoms with Gasteiger partial charge in [-0.25, -0.2) is 0 Å². The SMILES string of the molecule is NC(=O)CN(CCc1ccc(Cl)cc1Cl)C(=O)CC1C(=O)N(CCc2ccc(Cl)cc2Cl)CC(=O)N1CCc1ccc(-c2ccccc2)cc1. The van der Waals surface area contributed by atoms with Gasteiger partial charge >= 0.3 is 0 Å². The summed E-state index contributed by atoms with van der Waals surface area (Å²) in [5.74, 6) is -1.83. The molecule has 1 fully saturated rings. The van der Waals surface area contributed by atoms with Crippen molar-refractivity contribution in [2.75, 3.05) is 32.7 Å². The summed E-state index contributed by atoms with van der Waals surface area (Å²) in [7, 11) is 0. The minimum atomic E-state index is -1.08. The van der Waals surface area contributed by atoms with Crippen molar-refractivity contribution in [3.8, 4) is 11.1 Å². The third kappa shape index (κ3) is 9.79. The van der Waals surface area contributed by atoms with E-state index >= 15 is 0 Å². The van der Waals surface area contributed by atoms with Gasteiger partial charge in [0.05, 0.1) is 19.5 Å². The molecule has 4 amide bonds. The van der Waals surface area contributed by atoms with E-state index in [1.165, 1.54) is 14.7 Å². The molecule has 1 saturated heterocycles. The average molecular weight is 755 g/mol. The molecule has 260 valence electrons. The highest BCUT2D eigenvalue weighted by Crippen LogP contribution is 2.25. The van der Waals surface area contributed by atoms with Gasteiger partial charge in [0.15, 0.2) is 0 Å². The lowest BCUT2D eigenvalue weighted by atomic mass is 10.0. The van der Waals surface area contributed by atoms with Crippen LogP contribution in [0.4, 0.5) is 0 Å². The molecule has 12 heteroatoms. The lowest BCUT2D eigenvalue weighted by Crippen LogP contribution is -2.61. The third-order valence-electron chi connectivity index (χ3n) is 8.72. The Morgan fingerprint density at radius 1 is 0.740 bits per heavy atom. The summed E-state index contributed by atoms with van der Waals surface area (Å²) in [6, 6.07) is 27.1. The Bertz CT molecular complexity index is 1860. The molecule has 1 heterocycles. The maximum Gasteiger partial charge on any atom is 0.246 e. The zero-order valence-corrected chi connectivity index (χ0v) is 30.2. The highest BCUT2D eigenvalue weighted by atomic mass is 35.5. The second-order valence-electron chi connectivity index (χ2n) is 12.1. The summed E-state index contributed by atoms with van der Waals surface area (Å²) in [6.07, 6.45) is 0.860. The van der Waals surface area contributed by atoms with Crippen LogP contribution in [0.3, 0.4) is 0 Å². The Labute approximate surface area is 311 Å². The normalized spacial score (nSPS) is 14.6. The zero-order valence-electron chi connectivity index (χ0n) is 27.2. The van der Waals surface area contributed by atoms with Crippen LogP contribution in [-0.4, -0.2) is 77.1 Å². The van der Waals surface area contributed by atoms with Crippen LogP contribution in [0.1, 0.15) is 23.1 Å². The van der Waals surface area contributed by atoms with Gasteiger partial charge in [0.2, 0.25) is 23.6 Å². The quantitative estimate of drug-likeness (QED) is 0.154. The van der Waals surface area contributed by atoms with E-state index in [0.29, 0.717) is 39.4 Å². The number of primary amides is 1. The van der Waals surface area contributed by atoms with Gasteiger partial charge in [-0.1, -0.05) is 113 Å². The minimum absolute atomic E-state index is 0.116. The van der Waals surface area contributed by atoms with E-state index in [9.17, 15) is 19.2 Å². The van der Waals surface area contributed by atoms with Crippen molar-refractivity contribution in [2.24, 2.45) is 5.73 Å². The monoisotopic (exact) mass is 752 g/mol. The maximum atomic E-state index is 14.1. The first-order valence-corrected chi connectivity index (χ1v) is 17.7. The fourth-order valence-corrected chi connectivity index (χ4v) is 7.00. The van der Waals surface area contributed by atoms with Crippen LogP contribution in [0, 0.1) is 0 Å². The van der Waals surface area contributed by atoms with E-state index in [-0.39, 0.29) is 51.0 Å². The summed E-state index contributed by atoms with van der Waals surface area (Å²) < 4.78 is 0. The van der Waals surface area contributed by atoms with Crippen molar-refractivity contribution in [3.63, 3.8) is 0 Å². The summed E-state index contributed by atoms with van der Waals surface area (Å²) in [5.41, 5.74) is 10.2. The Morgan fingerprint density at radius 2 is 1.34 bits per heavy atom. The van der Waals surface area contributed by atoms with E-state index in [2.05, 4.69) is 0 Å². The summed E-state index contributed by atoms with van der Waals surface area (Å²) in [5, 5.41) is 1.85. The molecular formula is C38H36Cl4N4O4. The van der Waals surface area contributed by atoms with Crippen LogP contribution in [-0.2, 0) is 38.4 Å². The van der Waals surface area contributed by atoms with Crippen molar-refractivity contribution < 1.29 is 19.2 Å². The Morgan fingerprint density at radius 3 is 1.94 bits per heavy atom. The topological polar surface area (TPSA) is 104 Å². The molecule has 0 spiro atoms. The van der Waals surface area contributed by atoms with Crippen LogP contribution in [0.25, 0.3) is 11.1 Å². The van der Waals surface area contributed by atoms with Crippen molar-refractivity contribution >= 4 is 70.0 Å². The molecule has 0 aromatic heterocycles. The Kier molecular flexibility index (Phi) is 12.8. The van der Waals surface area contributed by atoms with Gasteiger partial charge in [0.1, 0.15) is 6.04 Å². The van der Waals surface area contributed by atoms with Gasteiger partial charge in [-0.3, -0.25) is 19.2 Å². The number of carbonyl (C=O) groups is 4. The first kappa shape index (κ1) is 37.2. The number of halogens is 4. The number of hydrogen-bond donors (Lipinski definition) is 1. The lowest BCUT2D eigenvalue weighted by Gasteiger charge is -2.41. The highest BCUT2D eigenvalue weighted by Gasteiger charge is 2.41. The summed E-state index contributed by atoms with van der Waals surface area (Å²) >= 11 is 24.8. The number of piperazine rings is 1. The predicted molar refractivity (Wildman–Crippen MR) is 198 cm³/mol. The zero-order chi connectivity index (χ0) is 35.8. The molecule has 0 saturated carbocycles. The summed E-state index contributed by atoms with van der Waals surface area (Å²) in [6.45, 7) is 0.0590. The Hall–Kier alpha value is -4.08. The molecule has 1 atom stereocenters. The fourth-order valence-electron chi connectivity index (χ4n) is 6.00. The first-order valence-electron chi connectivity index (χ1n) is 16.1. The molecule has 1 aliphatic heterocycles. The van der Waals surface area contributed by atoms with Gasteiger partial charge in [0.25, 0.3) is 0 Å². The number of rotatable bonds is 14. The maximum absolute atomic E-state index is 14.1. The second kappa shape index (κ2) is 17.2. The molecular weight excluding hydrogens is 718 g/mol. The molecule has 1 aliphatic rings. The molecule has 0 aliphatic carbocycles. The predicted octanol–water partition coefficient (Wildman–Crippen LogP) is 6.74. The van der Waals surface area contributed by atoms with Gasteiger partial charge in [-0.05, 0) is 71.3 Å². The van der Waals surface area contributed by atoms with Crippen LogP contribution < -0.4 is 5.73 Å². The number of carbonyl (C=O) groups excluding carboxylic acids is 4.